The van der Waals surface area contributed by atoms with Gasteiger partial charge in [0, 0.05) is 42.0 Å². The van der Waals surface area contributed by atoms with Gasteiger partial charge in [-0.05, 0) is 65.0 Å². The standard InChI is InChI=1S/C40H25NOS/c1-2-10-26(11-3-1)27-20-22-29(23-21-27)41(36-17-9-15-32-30-13-4-6-18-37(30)42-40(32)36)35-16-8-12-28-24-39-34(25-33(28)35)31-14-5-7-19-38(31)43-39/h1-25H. The lowest BCUT2D eigenvalue weighted by Gasteiger charge is -2.27. The van der Waals surface area contributed by atoms with E-state index < -0.39 is 0 Å². The first-order valence-corrected chi connectivity index (χ1v) is 15.3. The first-order chi connectivity index (χ1) is 21.3. The molecule has 0 saturated heterocycles. The van der Waals surface area contributed by atoms with Gasteiger partial charge >= 0.3 is 0 Å². The van der Waals surface area contributed by atoms with Crippen molar-refractivity contribution >= 4 is 81.3 Å². The lowest BCUT2D eigenvalue weighted by Crippen LogP contribution is -2.10. The summed E-state index contributed by atoms with van der Waals surface area (Å²) in [7, 11) is 0. The Hall–Kier alpha value is -5.38. The maximum Gasteiger partial charge on any atom is 0.159 e. The Morgan fingerprint density at radius 2 is 1.14 bits per heavy atom. The molecule has 43 heavy (non-hydrogen) atoms. The molecule has 0 aliphatic heterocycles. The molecule has 0 spiro atoms. The molecular formula is C40H25NOS. The summed E-state index contributed by atoms with van der Waals surface area (Å²) in [5.41, 5.74) is 7.39. The number of hydrogen-bond donors (Lipinski definition) is 0. The van der Waals surface area contributed by atoms with Gasteiger partial charge < -0.3 is 9.32 Å². The van der Waals surface area contributed by atoms with E-state index in [0.717, 1.165) is 39.0 Å². The Labute approximate surface area is 252 Å². The molecule has 0 atom stereocenters. The molecule has 0 fully saturated rings. The summed E-state index contributed by atoms with van der Waals surface area (Å²) >= 11 is 1.86. The molecule has 0 N–H and O–H groups in total. The summed E-state index contributed by atoms with van der Waals surface area (Å²) in [6.07, 6.45) is 0. The zero-order valence-electron chi connectivity index (χ0n) is 23.2. The predicted molar refractivity (Wildman–Crippen MR) is 184 cm³/mol. The van der Waals surface area contributed by atoms with Gasteiger partial charge in [0.25, 0.3) is 0 Å². The average molecular weight is 568 g/mol. The summed E-state index contributed by atoms with van der Waals surface area (Å²) in [5, 5.41) is 7.27. The molecule has 0 amide bonds. The molecule has 7 aromatic carbocycles. The quantitative estimate of drug-likeness (QED) is 0.210. The topological polar surface area (TPSA) is 16.4 Å². The SMILES string of the molecule is c1ccc(-c2ccc(N(c3cccc4cc5sc6ccccc6c5cc34)c3cccc4c3oc3ccccc34)cc2)cc1. The van der Waals surface area contributed by atoms with Crippen molar-refractivity contribution in [2.24, 2.45) is 0 Å². The second-order valence-electron chi connectivity index (χ2n) is 10.9. The van der Waals surface area contributed by atoms with Crippen LogP contribution in [0.1, 0.15) is 0 Å². The molecule has 9 aromatic rings. The highest BCUT2D eigenvalue weighted by atomic mass is 32.1. The second-order valence-corrected chi connectivity index (χ2v) is 12.0. The third kappa shape index (κ3) is 3.86. The summed E-state index contributed by atoms with van der Waals surface area (Å²) in [5.74, 6) is 0. The number of para-hydroxylation sites is 2. The highest BCUT2D eigenvalue weighted by Gasteiger charge is 2.21. The third-order valence-corrected chi connectivity index (χ3v) is 9.59. The predicted octanol–water partition coefficient (Wildman–Crippen LogP) is 12.2. The number of anilines is 3. The van der Waals surface area contributed by atoms with E-state index in [0.29, 0.717) is 0 Å². The van der Waals surface area contributed by atoms with Crippen LogP contribution in [0.5, 0.6) is 0 Å². The van der Waals surface area contributed by atoms with Crippen LogP contribution in [0.2, 0.25) is 0 Å². The van der Waals surface area contributed by atoms with Gasteiger partial charge in [0.05, 0.1) is 11.4 Å². The summed E-state index contributed by atoms with van der Waals surface area (Å²) in [6.45, 7) is 0. The van der Waals surface area contributed by atoms with Crippen LogP contribution < -0.4 is 4.90 Å². The van der Waals surface area contributed by atoms with Crippen LogP contribution in [0.3, 0.4) is 0 Å². The molecule has 0 unspecified atom stereocenters. The highest BCUT2D eigenvalue weighted by molar-refractivity contribution is 7.25. The van der Waals surface area contributed by atoms with Crippen molar-refractivity contribution in [1.29, 1.82) is 0 Å². The van der Waals surface area contributed by atoms with Crippen LogP contribution in [0, 0.1) is 0 Å². The molecule has 0 bridgehead atoms. The molecule has 2 aromatic heterocycles. The van der Waals surface area contributed by atoms with Crippen LogP contribution in [-0.4, -0.2) is 0 Å². The van der Waals surface area contributed by atoms with Gasteiger partial charge in [-0.15, -0.1) is 11.3 Å². The summed E-state index contributed by atoms with van der Waals surface area (Å²) in [4.78, 5) is 2.36. The third-order valence-electron chi connectivity index (χ3n) is 8.45. The minimum absolute atomic E-state index is 0.884. The smallest absolute Gasteiger partial charge is 0.159 e. The lowest BCUT2D eigenvalue weighted by molar-refractivity contribution is 0.669. The zero-order valence-corrected chi connectivity index (χ0v) is 24.0. The molecule has 0 saturated carbocycles. The van der Waals surface area contributed by atoms with Crippen molar-refractivity contribution < 1.29 is 4.42 Å². The Kier molecular flexibility index (Phi) is 5.40. The first-order valence-electron chi connectivity index (χ1n) is 14.5. The molecule has 202 valence electrons. The molecule has 2 nitrogen and oxygen atoms in total. The largest absolute Gasteiger partial charge is 0.454 e. The van der Waals surface area contributed by atoms with Crippen LogP contribution in [0.15, 0.2) is 156 Å². The summed E-state index contributed by atoms with van der Waals surface area (Å²) in [6, 6.07) is 54.2. The van der Waals surface area contributed by atoms with Crippen molar-refractivity contribution in [3.8, 4) is 11.1 Å². The van der Waals surface area contributed by atoms with Crippen LogP contribution >= 0.6 is 11.3 Å². The van der Waals surface area contributed by atoms with Gasteiger partial charge in [0.2, 0.25) is 0 Å². The molecule has 9 rings (SSSR count). The van der Waals surface area contributed by atoms with Crippen LogP contribution in [-0.2, 0) is 0 Å². The van der Waals surface area contributed by atoms with Crippen molar-refractivity contribution in [2.75, 3.05) is 4.90 Å². The molecule has 0 aliphatic rings. The zero-order chi connectivity index (χ0) is 28.3. The van der Waals surface area contributed by atoms with E-state index in [9.17, 15) is 0 Å². The maximum atomic E-state index is 6.59. The van der Waals surface area contributed by atoms with Crippen molar-refractivity contribution in [3.63, 3.8) is 0 Å². The number of benzene rings is 7. The minimum atomic E-state index is 0.884. The lowest BCUT2D eigenvalue weighted by atomic mass is 10.0. The Morgan fingerprint density at radius 1 is 0.442 bits per heavy atom. The normalized spacial score (nSPS) is 11.7. The fraction of sp³-hybridized carbons (Fsp3) is 0. The Balaban J connectivity index is 1.33. The van der Waals surface area contributed by atoms with Gasteiger partial charge in [-0.25, -0.2) is 0 Å². The molecule has 0 aliphatic carbocycles. The molecule has 0 radical (unpaired) electrons. The van der Waals surface area contributed by atoms with Gasteiger partial charge in [0.15, 0.2) is 5.58 Å². The number of fused-ring (bicyclic) bond motifs is 7. The highest BCUT2D eigenvalue weighted by Crippen LogP contribution is 2.46. The number of nitrogens with zero attached hydrogens (tertiary/aromatic N) is 1. The Morgan fingerprint density at radius 3 is 2.02 bits per heavy atom. The van der Waals surface area contributed by atoms with E-state index in [-0.39, 0.29) is 0 Å². The maximum absolute atomic E-state index is 6.59. The Bertz CT molecular complexity index is 2450. The van der Waals surface area contributed by atoms with E-state index in [4.69, 9.17) is 4.42 Å². The van der Waals surface area contributed by atoms with E-state index in [2.05, 4.69) is 150 Å². The number of furan rings is 1. The number of hydrogen-bond acceptors (Lipinski definition) is 3. The van der Waals surface area contributed by atoms with Gasteiger partial charge in [0.1, 0.15) is 5.58 Å². The van der Waals surface area contributed by atoms with E-state index in [1.165, 1.54) is 42.1 Å². The molecular weight excluding hydrogens is 543 g/mol. The van der Waals surface area contributed by atoms with E-state index >= 15 is 0 Å². The van der Waals surface area contributed by atoms with Crippen LogP contribution in [0.25, 0.3) is 64.0 Å². The van der Waals surface area contributed by atoms with Gasteiger partial charge in [-0.1, -0.05) is 103 Å². The molecule has 2 heterocycles. The fourth-order valence-electron chi connectivity index (χ4n) is 6.42. The van der Waals surface area contributed by atoms with Gasteiger partial charge in [-0.3, -0.25) is 0 Å². The van der Waals surface area contributed by atoms with Crippen molar-refractivity contribution in [1.82, 2.24) is 0 Å². The fourth-order valence-corrected chi connectivity index (χ4v) is 7.56. The van der Waals surface area contributed by atoms with Crippen molar-refractivity contribution in [2.45, 2.75) is 0 Å². The van der Waals surface area contributed by atoms with Crippen LogP contribution in [0.4, 0.5) is 17.1 Å². The second kappa shape index (κ2) is 9.59. The molecule has 3 heteroatoms. The number of rotatable bonds is 4. The minimum Gasteiger partial charge on any atom is -0.454 e. The average Bonchev–Trinajstić information content (AvgIpc) is 3.63. The van der Waals surface area contributed by atoms with E-state index in [1.54, 1.807) is 0 Å². The first kappa shape index (κ1) is 24.2. The van der Waals surface area contributed by atoms with Gasteiger partial charge in [-0.2, -0.15) is 0 Å². The summed E-state index contributed by atoms with van der Waals surface area (Å²) < 4.78 is 9.21. The monoisotopic (exact) mass is 567 g/mol. The number of thiophene rings is 1. The van der Waals surface area contributed by atoms with Crippen molar-refractivity contribution in [3.05, 3.63) is 152 Å². The van der Waals surface area contributed by atoms with E-state index in [1.807, 2.05) is 17.4 Å².